The Morgan fingerprint density at radius 1 is 0.690 bits per heavy atom. The van der Waals surface area contributed by atoms with Gasteiger partial charge in [0, 0.05) is 16.8 Å². The standard InChI is InChI=1S/C21H14Cl2N2O4/c22-16-10-9-12(11-17(16)23)24-20(27)15-7-3-4-8-18(15)25-19(26)13-5-1-2-6-14(13)21(28)29/h1-11H,(H,24,27)(H,25,26)(H,28,29)/p-1. The monoisotopic (exact) mass is 427 g/mol. The molecule has 146 valence electrons. The molecule has 0 radical (unpaired) electrons. The molecule has 29 heavy (non-hydrogen) atoms. The van der Waals surface area contributed by atoms with Crippen LogP contribution < -0.4 is 15.7 Å². The van der Waals surface area contributed by atoms with Gasteiger partial charge in [-0.05, 0) is 36.4 Å². The molecular formula is C21H13Cl2N2O4-. The van der Waals surface area contributed by atoms with E-state index in [1.807, 2.05) is 0 Å². The van der Waals surface area contributed by atoms with E-state index in [9.17, 15) is 19.5 Å². The summed E-state index contributed by atoms with van der Waals surface area (Å²) in [6, 6.07) is 16.6. The molecule has 0 spiro atoms. The Bertz CT molecular complexity index is 1120. The third kappa shape index (κ3) is 4.74. The van der Waals surface area contributed by atoms with Gasteiger partial charge in [-0.25, -0.2) is 0 Å². The van der Waals surface area contributed by atoms with Crippen molar-refractivity contribution in [3.8, 4) is 0 Å². The predicted molar refractivity (Wildman–Crippen MR) is 110 cm³/mol. The first-order valence-corrected chi connectivity index (χ1v) is 9.09. The van der Waals surface area contributed by atoms with Crippen molar-refractivity contribution in [3.63, 3.8) is 0 Å². The van der Waals surface area contributed by atoms with Crippen LogP contribution in [-0.4, -0.2) is 17.8 Å². The van der Waals surface area contributed by atoms with Gasteiger partial charge in [0.15, 0.2) is 0 Å². The van der Waals surface area contributed by atoms with Gasteiger partial charge < -0.3 is 20.5 Å². The number of carbonyl (C=O) groups excluding carboxylic acids is 3. The van der Waals surface area contributed by atoms with E-state index >= 15 is 0 Å². The highest BCUT2D eigenvalue weighted by molar-refractivity contribution is 6.42. The van der Waals surface area contributed by atoms with Crippen LogP contribution in [0.25, 0.3) is 0 Å². The molecule has 0 fully saturated rings. The topological polar surface area (TPSA) is 98.3 Å². The van der Waals surface area contributed by atoms with Crippen LogP contribution in [0.4, 0.5) is 11.4 Å². The molecule has 0 heterocycles. The second kappa shape index (κ2) is 8.77. The number of amides is 2. The number of anilines is 2. The third-order valence-electron chi connectivity index (χ3n) is 3.99. The lowest BCUT2D eigenvalue weighted by atomic mass is 10.1. The van der Waals surface area contributed by atoms with Crippen LogP contribution in [0.1, 0.15) is 31.1 Å². The number of benzene rings is 3. The van der Waals surface area contributed by atoms with E-state index in [1.54, 1.807) is 24.3 Å². The van der Waals surface area contributed by atoms with E-state index in [0.29, 0.717) is 10.7 Å². The summed E-state index contributed by atoms with van der Waals surface area (Å²) < 4.78 is 0. The summed E-state index contributed by atoms with van der Waals surface area (Å²) in [5.74, 6) is -2.64. The molecule has 0 atom stereocenters. The average molecular weight is 428 g/mol. The maximum Gasteiger partial charge on any atom is 0.257 e. The number of rotatable bonds is 5. The summed E-state index contributed by atoms with van der Waals surface area (Å²) in [6.07, 6.45) is 0. The van der Waals surface area contributed by atoms with Gasteiger partial charge >= 0.3 is 0 Å². The average Bonchev–Trinajstić information content (AvgIpc) is 2.71. The number of hydrogen-bond donors (Lipinski definition) is 2. The normalized spacial score (nSPS) is 10.3. The second-order valence-electron chi connectivity index (χ2n) is 5.92. The van der Waals surface area contributed by atoms with E-state index in [1.165, 1.54) is 42.5 Å². The second-order valence-corrected chi connectivity index (χ2v) is 6.73. The molecule has 0 aliphatic rings. The summed E-state index contributed by atoms with van der Waals surface area (Å²) in [4.78, 5) is 36.5. The van der Waals surface area contributed by atoms with Gasteiger partial charge in [-0.15, -0.1) is 0 Å². The predicted octanol–water partition coefficient (Wildman–Crippen LogP) is 3.86. The van der Waals surface area contributed by atoms with Crippen LogP contribution in [-0.2, 0) is 0 Å². The number of hydrogen-bond acceptors (Lipinski definition) is 4. The van der Waals surface area contributed by atoms with E-state index in [-0.39, 0.29) is 27.4 Å². The number of halogens is 2. The number of nitrogens with one attached hydrogen (secondary N) is 2. The Hall–Kier alpha value is -3.35. The van der Waals surface area contributed by atoms with E-state index < -0.39 is 17.8 Å². The van der Waals surface area contributed by atoms with E-state index in [2.05, 4.69) is 10.6 Å². The highest BCUT2D eigenvalue weighted by atomic mass is 35.5. The van der Waals surface area contributed by atoms with E-state index in [4.69, 9.17) is 23.2 Å². The quantitative estimate of drug-likeness (QED) is 0.645. The molecular weight excluding hydrogens is 415 g/mol. The van der Waals surface area contributed by atoms with Gasteiger partial charge in [0.05, 0.1) is 27.3 Å². The minimum Gasteiger partial charge on any atom is -0.545 e. The fourth-order valence-corrected chi connectivity index (χ4v) is 2.91. The van der Waals surface area contributed by atoms with Gasteiger partial charge in [0.2, 0.25) is 0 Å². The summed E-state index contributed by atoms with van der Waals surface area (Å²) >= 11 is 11.8. The van der Waals surface area contributed by atoms with Crippen molar-refractivity contribution in [2.75, 3.05) is 10.6 Å². The molecule has 3 aromatic rings. The van der Waals surface area contributed by atoms with Crippen molar-refractivity contribution in [2.45, 2.75) is 0 Å². The van der Waals surface area contributed by atoms with Crippen molar-refractivity contribution in [1.29, 1.82) is 0 Å². The third-order valence-corrected chi connectivity index (χ3v) is 4.73. The highest BCUT2D eigenvalue weighted by Crippen LogP contribution is 2.26. The molecule has 3 aromatic carbocycles. The molecule has 0 aliphatic heterocycles. The fourth-order valence-electron chi connectivity index (χ4n) is 2.61. The van der Waals surface area contributed by atoms with Crippen LogP contribution in [0.2, 0.25) is 10.0 Å². The smallest absolute Gasteiger partial charge is 0.257 e. The van der Waals surface area contributed by atoms with Gasteiger partial charge in [0.25, 0.3) is 11.8 Å². The van der Waals surface area contributed by atoms with Crippen LogP contribution in [0.5, 0.6) is 0 Å². The van der Waals surface area contributed by atoms with Crippen LogP contribution >= 0.6 is 23.2 Å². The number of para-hydroxylation sites is 1. The first-order valence-electron chi connectivity index (χ1n) is 8.34. The molecule has 8 heteroatoms. The minimum atomic E-state index is -1.47. The summed E-state index contributed by atoms with van der Waals surface area (Å²) in [6.45, 7) is 0. The Kier molecular flexibility index (Phi) is 6.16. The molecule has 0 unspecified atom stereocenters. The molecule has 0 saturated heterocycles. The zero-order chi connectivity index (χ0) is 21.0. The van der Waals surface area contributed by atoms with E-state index in [0.717, 1.165) is 0 Å². The lowest BCUT2D eigenvalue weighted by molar-refractivity contribution is -0.255. The molecule has 6 nitrogen and oxygen atoms in total. The lowest BCUT2D eigenvalue weighted by Gasteiger charge is -2.14. The van der Waals surface area contributed by atoms with Crippen molar-refractivity contribution in [2.24, 2.45) is 0 Å². The minimum absolute atomic E-state index is 0.0767. The summed E-state index contributed by atoms with van der Waals surface area (Å²) in [5, 5.41) is 17.1. The zero-order valence-corrected chi connectivity index (χ0v) is 16.3. The largest absolute Gasteiger partial charge is 0.545 e. The highest BCUT2D eigenvalue weighted by Gasteiger charge is 2.17. The van der Waals surface area contributed by atoms with Crippen LogP contribution in [0.3, 0.4) is 0 Å². The number of carboxylic acids is 1. The number of aromatic carboxylic acids is 1. The van der Waals surface area contributed by atoms with Gasteiger partial charge in [-0.1, -0.05) is 53.5 Å². The van der Waals surface area contributed by atoms with Crippen LogP contribution in [0.15, 0.2) is 66.7 Å². The van der Waals surface area contributed by atoms with Crippen molar-refractivity contribution >= 4 is 52.4 Å². The lowest BCUT2D eigenvalue weighted by Crippen LogP contribution is -2.26. The van der Waals surface area contributed by atoms with Gasteiger partial charge in [-0.3, -0.25) is 9.59 Å². The van der Waals surface area contributed by atoms with Crippen LogP contribution in [0, 0.1) is 0 Å². The van der Waals surface area contributed by atoms with Gasteiger partial charge in [0.1, 0.15) is 0 Å². The maximum atomic E-state index is 12.7. The Morgan fingerprint density at radius 2 is 1.28 bits per heavy atom. The number of carbonyl (C=O) groups is 3. The maximum absolute atomic E-state index is 12.7. The first-order chi connectivity index (χ1) is 13.9. The zero-order valence-electron chi connectivity index (χ0n) is 14.7. The molecule has 2 amide bonds. The molecule has 0 aromatic heterocycles. The molecule has 0 aliphatic carbocycles. The Morgan fingerprint density at radius 3 is 1.93 bits per heavy atom. The summed E-state index contributed by atoms with van der Waals surface area (Å²) in [5.41, 5.74) is 0.490. The fraction of sp³-hybridized carbons (Fsp3) is 0. The summed E-state index contributed by atoms with van der Waals surface area (Å²) in [7, 11) is 0. The van der Waals surface area contributed by atoms with Crippen molar-refractivity contribution in [3.05, 3.63) is 93.5 Å². The molecule has 0 saturated carbocycles. The molecule has 2 N–H and O–H groups in total. The van der Waals surface area contributed by atoms with Gasteiger partial charge in [-0.2, -0.15) is 0 Å². The Labute approximate surface area is 176 Å². The molecule has 0 bridgehead atoms. The Balaban J connectivity index is 1.85. The SMILES string of the molecule is O=C(Nc1ccc(Cl)c(Cl)c1)c1ccccc1NC(=O)c1ccccc1C(=O)[O-]. The first kappa shape index (κ1) is 20.4. The number of carboxylic acid groups (broad SMARTS) is 1. The molecule has 3 rings (SSSR count). The van der Waals surface area contributed by atoms with Crippen molar-refractivity contribution in [1.82, 2.24) is 0 Å². The van der Waals surface area contributed by atoms with Crippen molar-refractivity contribution < 1.29 is 19.5 Å².